The molecule has 0 saturated heterocycles. The van der Waals surface area contributed by atoms with Crippen molar-refractivity contribution < 1.29 is 9.90 Å². The fourth-order valence-electron chi connectivity index (χ4n) is 2.18. The zero-order valence-corrected chi connectivity index (χ0v) is 10.4. The second-order valence-corrected chi connectivity index (χ2v) is 4.43. The fourth-order valence-corrected chi connectivity index (χ4v) is 2.18. The van der Waals surface area contributed by atoms with Gasteiger partial charge < -0.3 is 9.67 Å². The molecule has 1 atom stereocenters. The standard InChI is InChI=1S/C14H17NO2/c1-4-10-5-6-12-11(7-10)8-13(15(12)3)9(2)14(16)17/h5-9H,4H2,1-3H3,(H,16,17). The highest BCUT2D eigenvalue weighted by atomic mass is 16.4. The maximum Gasteiger partial charge on any atom is 0.312 e. The van der Waals surface area contributed by atoms with Crippen molar-refractivity contribution in [2.24, 2.45) is 7.05 Å². The van der Waals surface area contributed by atoms with Crippen LogP contribution in [0.4, 0.5) is 0 Å². The molecule has 3 nitrogen and oxygen atoms in total. The number of carboxylic acid groups (broad SMARTS) is 1. The lowest BCUT2D eigenvalue weighted by Crippen LogP contribution is -2.11. The van der Waals surface area contributed by atoms with Crippen LogP contribution in [-0.2, 0) is 18.3 Å². The van der Waals surface area contributed by atoms with Crippen LogP contribution < -0.4 is 0 Å². The van der Waals surface area contributed by atoms with E-state index in [2.05, 4.69) is 25.1 Å². The van der Waals surface area contributed by atoms with Gasteiger partial charge >= 0.3 is 5.97 Å². The Morgan fingerprint density at radius 1 is 1.41 bits per heavy atom. The molecule has 0 aliphatic heterocycles. The first-order valence-corrected chi connectivity index (χ1v) is 5.85. The summed E-state index contributed by atoms with van der Waals surface area (Å²) in [5, 5.41) is 10.2. The van der Waals surface area contributed by atoms with Crippen molar-refractivity contribution in [1.82, 2.24) is 4.57 Å². The molecule has 90 valence electrons. The maximum atomic E-state index is 11.0. The zero-order valence-electron chi connectivity index (χ0n) is 10.4. The van der Waals surface area contributed by atoms with Crippen molar-refractivity contribution >= 4 is 16.9 Å². The lowest BCUT2D eigenvalue weighted by molar-refractivity contribution is -0.138. The van der Waals surface area contributed by atoms with E-state index >= 15 is 0 Å². The fraction of sp³-hybridized carbons (Fsp3) is 0.357. The largest absolute Gasteiger partial charge is 0.481 e. The smallest absolute Gasteiger partial charge is 0.312 e. The molecule has 17 heavy (non-hydrogen) atoms. The highest BCUT2D eigenvalue weighted by Crippen LogP contribution is 2.25. The van der Waals surface area contributed by atoms with E-state index in [9.17, 15) is 4.79 Å². The molecule has 0 aliphatic carbocycles. The third kappa shape index (κ3) is 1.93. The third-order valence-electron chi connectivity index (χ3n) is 3.37. The van der Waals surface area contributed by atoms with Gasteiger partial charge in [0, 0.05) is 23.6 Å². The second-order valence-electron chi connectivity index (χ2n) is 4.43. The normalized spacial score (nSPS) is 12.9. The molecule has 1 aromatic carbocycles. The molecular formula is C14H17NO2. The lowest BCUT2D eigenvalue weighted by Gasteiger charge is -2.08. The number of rotatable bonds is 3. The molecule has 1 unspecified atom stereocenters. The van der Waals surface area contributed by atoms with Gasteiger partial charge in [-0.05, 0) is 37.1 Å². The minimum atomic E-state index is -0.786. The lowest BCUT2D eigenvalue weighted by atomic mass is 10.1. The van der Waals surface area contributed by atoms with Gasteiger partial charge in [0.25, 0.3) is 0 Å². The van der Waals surface area contributed by atoms with Crippen LogP contribution in [0.25, 0.3) is 10.9 Å². The Kier molecular flexibility index (Phi) is 2.92. The molecule has 1 heterocycles. The Morgan fingerprint density at radius 2 is 2.12 bits per heavy atom. The number of carbonyl (C=O) groups is 1. The summed E-state index contributed by atoms with van der Waals surface area (Å²) < 4.78 is 1.97. The van der Waals surface area contributed by atoms with E-state index in [1.165, 1.54) is 5.56 Å². The van der Waals surface area contributed by atoms with E-state index in [1.807, 2.05) is 17.7 Å². The van der Waals surface area contributed by atoms with Gasteiger partial charge in [-0.15, -0.1) is 0 Å². The summed E-state index contributed by atoms with van der Waals surface area (Å²) >= 11 is 0. The molecule has 1 N–H and O–H groups in total. The number of hydrogen-bond donors (Lipinski definition) is 1. The van der Waals surface area contributed by atoms with E-state index in [0.29, 0.717) is 0 Å². The van der Waals surface area contributed by atoms with Crippen LogP contribution in [0, 0.1) is 0 Å². The van der Waals surface area contributed by atoms with Gasteiger partial charge in [-0.3, -0.25) is 4.79 Å². The van der Waals surface area contributed by atoms with Crippen molar-refractivity contribution in [1.29, 1.82) is 0 Å². The van der Waals surface area contributed by atoms with E-state index in [1.54, 1.807) is 6.92 Å². The van der Waals surface area contributed by atoms with Gasteiger partial charge in [0.1, 0.15) is 0 Å². The molecular weight excluding hydrogens is 214 g/mol. The summed E-state index contributed by atoms with van der Waals surface area (Å²) in [4.78, 5) is 11.0. The average Bonchev–Trinajstić information content (AvgIpc) is 2.65. The predicted octanol–water partition coefficient (Wildman–Crippen LogP) is 2.93. The van der Waals surface area contributed by atoms with Crippen molar-refractivity contribution in [2.75, 3.05) is 0 Å². The minimum absolute atomic E-state index is 0.475. The second kappa shape index (κ2) is 4.24. The van der Waals surface area contributed by atoms with Crippen LogP contribution in [0.15, 0.2) is 24.3 Å². The number of aliphatic carboxylic acids is 1. The monoisotopic (exact) mass is 231 g/mol. The van der Waals surface area contributed by atoms with Crippen LogP contribution in [0.3, 0.4) is 0 Å². The predicted molar refractivity (Wildman–Crippen MR) is 68.3 cm³/mol. The molecule has 2 aromatic rings. The molecule has 0 spiro atoms. The van der Waals surface area contributed by atoms with E-state index in [0.717, 1.165) is 23.0 Å². The number of aromatic nitrogens is 1. The first kappa shape index (κ1) is 11.7. The Bertz CT molecular complexity index is 569. The van der Waals surface area contributed by atoms with Crippen molar-refractivity contribution in [3.63, 3.8) is 0 Å². The Labute approximate surface area is 101 Å². The van der Waals surface area contributed by atoms with Gasteiger partial charge in [0.2, 0.25) is 0 Å². The topological polar surface area (TPSA) is 42.2 Å². The molecule has 1 aromatic heterocycles. The number of aryl methyl sites for hydroxylation is 2. The Balaban J connectivity index is 2.59. The van der Waals surface area contributed by atoms with Gasteiger partial charge in [-0.1, -0.05) is 13.0 Å². The van der Waals surface area contributed by atoms with Crippen LogP contribution >= 0.6 is 0 Å². The van der Waals surface area contributed by atoms with Gasteiger partial charge in [0.15, 0.2) is 0 Å². The molecule has 0 radical (unpaired) electrons. The summed E-state index contributed by atoms with van der Waals surface area (Å²) in [6.45, 7) is 3.84. The van der Waals surface area contributed by atoms with Crippen LogP contribution in [0.1, 0.15) is 31.0 Å². The van der Waals surface area contributed by atoms with Gasteiger partial charge in [0.05, 0.1) is 5.92 Å². The van der Waals surface area contributed by atoms with E-state index < -0.39 is 11.9 Å². The summed E-state index contributed by atoms with van der Waals surface area (Å²) in [5.74, 6) is -1.26. The van der Waals surface area contributed by atoms with Gasteiger partial charge in [-0.25, -0.2) is 0 Å². The number of carboxylic acids is 1. The van der Waals surface area contributed by atoms with Crippen LogP contribution in [0.5, 0.6) is 0 Å². The average molecular weight is 231 g/mol. The highest BCUT2D eigenvalue weighted by Gasteiger charge is 2.18. The Morgan fingerprint density at radius 3 is 2.71 bits per heavy atom. The van der Waals surface area contributed by atoms with Crippen molar-refractivity contribution in [2.45, 2.75) is 26.2 Å². The number of nitrogens with zero attached hydrogens (tertiary/aromatic N) is 1. The van der Waals surface area contributed by atoms with E-state index in [4.69, 9.17) is 5.11 Å². The summed E-state index contributed by atoms with van der Waals surface area (Å²) in [6.07, 6.45) is 0.995. The zero-order chi connectivity index (χ0) is 12.6. The quantitative estimate of drug-likeness (QED) is 0.882. The van der Waals surface area contributed by atoms with Crippen LogP contribution in [0.2, 0.25) is 0 Å². The van der Waals surface area contributed by atoms with Crippen LogP contribution in [-0.4, -0.2) is 15.6 Å². The number of fused-ring (bicyclic) bond motifs is 1. The first-order chi connectivity index (χ1) is 8.04. The number of benzene rings is 1. The van der Waals surface area contributed by atoms with E-state index in [-0.39, 0.29) is 0 Å². The SMILES string of the molecule is CCc1ccc2c(c1)cc(C(C)C(=O)O)n2C. The Hall–Kier alpha value is -1.77. The molecule has 0 aliphatic rings. The molecule has 0 fully saturated rings. The summed E-state index contributed by atoms with van der Waals surface area (Å²) in [6, 6.07) is 8.27. The highest BCUT2D eigenvalue weighted by molar-refractivity contribution is 5.85. The van der Waals surface area contributed by atoms with Crippen molar-refractivity contribution in [3.05, 3.63) is 35.5 Å². The van der Waals surface area contributed by atoms with Gasteiger partial charge in [-0.2, -0.15) is 0 Å². The molecule has 2 rings (SSSR count). The molecule has 0 saturated carbocycles. The summed E-state index contributed by atoms with van der Waals surface area (Å²) in [5.41, 5.74) is 3.21. The maximum absolute atomic E-state index is 11.0. The molecule has 3 heteroatoms. The first-order valence-electron chi connectivity index (χ1n) is 5.85. The van der Waals surface area contributed by atoms with Crippen molar-refractivity contribution in [3.8, 4) is 0 Å². The summed E-state index contributed by atoms with van der Waals surface area (Å²) in [7, 11) is 1.92. The third-order valence-corrected chi connectivity index (χ3v) is 3.37. The molecule has 0 bridgehead atoms. The number of hydrogen-bond acceptors (Lipinski definition) is 1. The minimum Gasteiger partial charge on any atom is -0.481 e. The molecule has 0 amide bonds.